The van der Waals surface area contributed by atoms with Gasteiger partial charge in [-0.25, -0.2) is 4.98 Å². The van der Waals surface area contributed by atoms with Gasteiger partial charge >= 0.3 is 0 Å². The Kier molecular flexibility index (Phi) is 7.29. The zero-order valence-corrected chi connectivity index (χ0v) is 10.8. The van der Waals surface area contributed by atoms with Crippen LogP contribution >= 0.6 is 11.8 Å². The molecule has 0 aliphatic rings. The molecule has 4 nitrogen and oxygen atoms in total. The van der Waals surface area contributed by atoms with E-state index in [4.69, 9.17) is 9.15 Å². The number of ether oxygens (including phenoxy) is 1. The Morgan fingerprint density at radius 1 is 1.50 bits per heavy atom. The van der Waals surface area contributed by atoms with Crippen LogP contribution in [0.1, 0.15) is 19.0 Å². The van der Waals surface area contributed by atoms with Crippen molar-refractivity contribution in [1.82, 2.24) is 10.3 Å². The first-order valence-corrected chi connectivity index (χ1v) is 6.65. The smallest absolute Gasteiger partial charge is 0.255 e. The van der Waals surface area contributed by atoms with Gasteiger partial charge < -0.3 is 14.5 Å². The topological polar surface area (TPSA) is 47.3 Å². The maximum Gasteiger partial charge on any atom is 0.255 e. The zero-order valence-electron chi connectivity index (χ0n) is 9.99. The molecule has 1 rings (SSSR count). The van der Waals surface area contributed by atoms with Crippen molar-refractivity contribution in [2.75, 3.05) is 32.1 Å². The number of hydrogen-bond acceptors (Lipinski definition) is 5. The summed E-state index contributed by atoms with van der Waals surface area (Å²) in [6.07, 6.45) is 2.74. The molecule has 0 bridgehead atoms. The highest BCUT2D eigenvalue weighted by molar-refractivity contribution is 7.99. The van der Waals surface area contributed by atoms with E-state index in [2.05, 4.69) is 10.3 Å². The molecule has 0 fully saturated rings. The van der Waals surface area contributed by atoms with Gasteiger partial charge in [-0.05, 0) is 26.8 Å². The predicted molar refractivity (Wildman–Crippen MR) is 65.9 cm³/mol. The number of rotatable bonds is 9. The molecule has 0 atom stereocenters. The summed E-state index contributed by atoms with van der Waals surface area (Å²) in [6, 6.07) is 0. The van der Waals surface area contributed by atoms with Crippen molar-refractivity contribution in [2.45, 2.75) is 25.5 Å². The quantitative estimate of drug-likeness (QED) is 0.532. The second kappa shape index (κ2) is 8.61. The fourth-order valence-corrected chi connectivity index (χ4v) is 1.92. The lowest BCUT2D eigenvalue weighted by Crippen LogP contribution is -2.19. The SMILES string of the molecule is CCOCCCNCCSc1nc(C)co1. The second-order valence-corrected chi connectivity index (χ2v) is 4.45. The molecule has 0 aromatic carbocycles. The van der Waals surface area contributed by atoms with Gasteiger partial charge in [-0.3, -0.25) is 0 Å². The van der Waals surface area contributed by atoms with Crippen LogP contribution < -0.4 is 5.32 Å². The van der Waals surface area contributed by atoms with Crippen molar-refractivity contribution in [2.24, 2.45) is 0 Å². The highest BCUT2D eigenvalue weighted by Crippen LogP contribution is 2.15. The van der Waals surface area contributed by atoms with Crippen molar-refractivity contribution in [1.29, 1.82) is 0 Å². The summed E-state index contributed by atoms with van der Waals surface area (Å²) in [7, 11) is 0. The van der Waals surface area contributed by atoms with Gasteiger partial charge in [-0.15, -0.1) is 0 Å². The van der Waals surface area contributed by atoms with Gasteiger partial charge in [0.2, 0.25) is 0 Å². The zero-order chi connectivity index (χ0) is 11.6. The van der Waals surface area contributed by atoms with Gasteiger partial charge in [0, 0.05) is 25.5 Å². The minimum atomic E-state index is 0.758. The Bertz CT molecular complexity index is 279. The second-order valence-electron chi connectivity index (χ2n) is 3.40. The Morgan fingerprint density at radius 2 is 2.38 bits per heavy atom. The first-order chi connectivity index (χ1) is 7.83. The number of oxazole rings is 1. The standard InChI is InChI=1S/C11H20N2O2S/c1-3-14-7-4-5-12-6-8-16-11-13-10(2)9-15-11/h9,12H,3-8H2,1-2H3. The maximum absolute atomic E-state index is 5.24. The lowest BCUT2D eigenvalue weighted by Gasteiger charge is -2.03. The molecule has 0 saturated carbocycles. The molecule has 0 unspecified atom stereocenters. The van der Waals surface area contributed by atoms with Crippen molar-refractivity contribution in [3.8, 4) is 0 Å². The number of thioether (sulfide) groups is 1. The Morgan fingerprint density at radius 3 is 3.06 bits per heavy atom. The van der Waals surface area contributed by atoms with Crippen LogP contribution in [0, 0.1) is 6.92 Å². The lowest BCUT2D eigenvalue weighted by molar-refractivity contribution is 0.145. The minimum absolute atomic E-state index is 0.758. The van der Waals surface area contributed by atoms with Crippen LogP contribution in [0.25, 0.3) is 0 Å². The van der Waals surface area contributed by atoms with Crippen LogP contribution in [-0.4, -0.2) is 37.0 Å². The third kappa shape index (κ3) is 6.15. The minimum Gasteiger partial charge on any atom is -0.440 e. The normalized spacial score (nSPS) is 10.9. The average Bonchev–Trinajstić information content (AvgIpc) is 2.68. The molecule has 5 heteroatoms. The highest BCUT2D eigenvalue weighted by atomic mass is 32.2. The third-order valence-corrected chi connectivity index (χ3v) is 2.79. The van der Waals surface area contributed by atoms with Crippen molar-refractivity contribution in [3.05, 3.63) is 12.0 Å². The van der Waals surface area contributed by atoms with E-state index >= 15 is 0 Å². The summed E-state index contributed by atoms with van der Waals surface area (Å²) in [5.74, 6) is 0.981. The van der Waals surface area contributed by atoms with E-state index in [9.17, 15) is 0 Å². The van der Waals surface area contributed by atoms with E-state index in [0.717, 1.165) is 49.4 Å². The van der Waals surface area contributed by atoms with Gasteiger partial charge in [-0.2, -0.15) is 0 Å². The molecule has 1 N–H and O–H groups in total. The van der Waals surface area contributed by atoms with Crippen LogP contribution in [0.3, 0.4) is 0 Å². The predicted octanol–water partition coefficient (Wildman–Crippen LogP) is 2.09. The largest absolute Gasteiger partial charge is 0.440 e. The van der Waals surface area contributed by atoms with Gasteiger partial charge in [-0.1, -0.05) is 11.8 Å². The summed E-state index contributed by atoms with van der Waals surface area (Å²) < 4.78 is 10.5. The number of hydrogen-bond donors (Lipinski definition) is 1. The molecule has 1 aromatic heterocycles. The number of aryl methyl sites for hydroxylation is 1. The maximum atomic E-state index is 5.24. The van der Waals surface area contributed by atoms with Crippen LogP contribution in [0.2, 0.25) is 0 Å². The molecule has 0 aliphatic carbocycles. The van der Waals surface area contributed by atoms with Gasteiger partial charge in [0.05, 0.1) is 5.69 Å². The van der Waals surface area contributed by atoms with Crippen LogP contribution in [0.5, 0.6) is 0 Å². The molecule has 1 heterocycles. The molecule has 0 spiro atoms. The van der Waals surface area contributed by atoms with Crippen LogP contribution in [0.4, 0.5) is 0 Å². The van der Waals surface area contributed by atoms with E-state index in [1.165, 1.54) is 0 Å². The fourth-order valence-electron chi connectivity index (χ4n) is 1.18. The van der Waals surface area contributed by atoms with Crippen molar-refractivity contribution < 1.29 is 9.15 Å². The number of aromatic nitrogens is 1. The summed E-state index contributed by atoms with van der Waals surface area (Å²) in [6.45, 7) is 7.57. The summed E-state index contributed by atoms with van der Waals surface area (Å²) in [5, 5.41) is 4.11. The van der Waals surface area contributed by atoms with E-state index < -0.39 is 0 Å². The molecule has 1 aromatic rings. The summed E-state index contributed by atoms with van der Waals surface area (Å²) >= 11 is 1.64. The lowest BCUT2D eigenvalue weighted by atomic mass is 10.4. The Balaban J connectivity index is 1.88. The van der Waals surface area contributed by atoms with Crippen LogP contribution in [-0.2, 0) is 4.74 Å². The molecule has 92 valence electrons. The van der Waals surface area contributed by atoms with Gasteiger partial charge in [0.15, 0.2) is 0 Å². The molecule has 16 heavy (non-hydrogen) atoms. The van der Waals surface area contributed by atoms with Crippen molar-refractivity contribution in [3.63, 3.8) is 0 Å². The average molecular weight is 244 g/mol. The van der Waals surface area contributed by atoms with Gasteiger partial charge in [0.25, 0.3) is 5.22 Å². The molecule has 0 amide bonds. The van der Waals surface area contributed by atoms with E-state index in [-0.39, 0.29) is 0 Å². The highest BCUT2D eigenvalue weighted by Gasteiger charge is 2.00. The van der Waals surface area contributed by atoms with E-state index in [0.29, 0.717) is 0 Å². The molecule has 0 aliphatic heterocycles. The first kappa shape index (κ1) is 13.5. The molecule has 0 radical (unpaired) electrons. The van der Waals surface area contributed by atoms with E-state index in [1.807, 2.05) is 13.8 Å². The fraction of sp³-hybridized carbons (Fsp3) is 0.727. The Hall–Kier alpha value is -0.520. The Labute approximate surface area is 101 Å². The molecular formula is C11H20N2O2S. The molecular weight excluding hydrogens is 224 g/mol. The number of nitrogens with one attached hydrogen (secondary N) is 1. The van der Waals surface area contributed by atoms with Gasteiger partial charge in [0.1, 0.15) is 6.26 Å². The summed E-state index contributed by atoms with van der Waals surface area (Å²) in [5.41, 5.74) is 0.937. The number of nitrogens with zero attached hydrogens (tertiary/aromatic N) is 1. The van der Waals surface area contributed by atoms with E-state index in [1.54, 1.807) is 18.0 Å². The third-order valence-electron chi connectivity index (χ3n) is 1.95. The monoisotopic (exact) mass is 244 g/mol. The van der Waals surface area contributed by atoms with Crippen LogP contribution in [0.15, 0.2) is 15.9 Å². The first-order valence-electron chi connectivity index (χ1n) is 5.66. The molecule has 0 saturated heterocycles. The summed E-state index contributed by atoms with van der Waals surface area (Å²) in [4.78, 5) is 4.22. The van der Waals surface area contributed by atoms with Crippen molar-refractivity contribution >= 4 is 11.8 Å².